The predicted molar refractivity (Wildman–Crippen MR) is 107 cm³/mol. The third-order valence-corrected chi connectivity index (χ3v) is 4.66. The molecule has 0 atom stereocenters. The zero-order valence-electron chi connectivity index (χ0n) is 14.2. The Labute approximate surface area is 160 Å². The van der Waals surface area contributed by atoms with E-state index in [-0.39, 0.29) is 0 Å². The van der Waals surface area contributed by atoms with Crippen LogP contribution in [0.4, 0.5) is 10.5 Å². The number of rotatable bonds is 4. The Kier molecular flexibility index (Phi) is 4.89. The summed E-state index contributed by atoms with van der Waals surface area (Å²) in [6.07, 6.45) is 3.00. The quantitative estimate of drug-likeness (QED) is 0.514. The number of nitrogens with one attached hydrogen (secondary N) is 1. The summed E-state index contributed by atoms with van der Waals surface area (Å²) in [5.74, 6) is 0.492. The first-order chi connectivity index (χ1) is 13.3. The van der Waals surface area contributed by atoms with Gasteiger partial charge < -0.3 is 4.74 Å². The largest absolute Gasteiger partial charge is 0.417 e. The SMILES string of the molecule is O=C(Nc1cccc(-c2csc(-c3cccnc3)n2)c1)Oc1ccccc1. The van der Waals surface area contributed by atoms with Crippen LogP contribution in [0.2, 0.25) is 0 Å². The monoisotopic (exact) mass is 373 g/mol. The van der Waals surface area contributed by atoms with Crippen LogP contribution in [0.25, 0.3) is 21.8 Å². The van der Waals surface area contributed by atoms with Crippen LogP contribution in [-0.2, 0) is 0 Å². The molecule has 2 heterocycles. The molecule has 4 rings (SSSR count). The van der Waals surface area contributed by atoms with Crippen molar-refractivity contribution in [3.8, 4) is 27.6 Å². The van der Waals surface area contributed by atoms with Gasteiger partial charge in [0.2, 0.25) is 0 Å². The van der Waals surface area contributed by atoms with Gasteiger partial charge in [0.05, 0.1) is 5.69 Å². The number of para-hydroxylation sites is 1. The van der Waals surface area contributed by atoms with E-state index >= 15 is 0 Å². The summed E-state index contributed by atoms with van der Waals surface area (Å²) in [6.45, 7) is 0. The van der Waals surface area contributed by atoms with Crippen LogP contribution in [0.15, 0.2) is 84.5 Å². The van der Waals surface area contributed by atoms with Gasteiger partial charge in [-0.05, 0) is 36.4 Å². The van der Waals surface area contributed by atoms with E-state index in [2.05, 4.69) is 15.3 Å². The Morgan fingerprint density at radius 2 is 1.81 bits per heavy atom. The second kappa shape index (κ2) is 7.80. The van der Waals surface area contributed by atoms with Gasteiger partial charge in [0.15, 0.2) is 0 Å². The van der Waals surface area contributed by atoms with Crippen LogP contribution in [0, 0.1) is 0 Å². The first-order valence-corrected chi connectivity index (χ1v) is 9.16. The molecule has 2 aromatic heterocycles. The Hall–Kier alpha value is -3.51. The lowest BCUT2D eigenvalue weighted by molar-refractivity contribution is 0.215. The number of carbonyl (C=O) groups excluding carboxylic acids is 1. The summed E-state index contributed by atoms with van der Waals surface area (Å²) in [5, 5.41) is 5.64. The summed E-state index contributed by atoms with van der Waals surface area (Å²) in [4.78, 5) is 20.9. The Morgan fingerprint density at radius 3 is 2.63 bits per heavy atom. The number of pyridine rings is 1. The van der Waals surface area contributed by atoms with E-state index in [1.54, 1.807) is 35.9 Å². The molecule has 0 fully saturated rings. The third kappa shape index (κ3) is 4.19. The Bertz CT molecular complexity index is 1050. The number of hydrogen-bond donors (Lipinski definition) is 1. The van der Waals surface area contributed by atoms with Crippen molar-refractivity contribution in [2.75, 3.05) is 5.32 Å². The van der Waals surface area contributed by atoms with Gasteiger partial charge in [0.1, 0.15) is 10.8 Å². The van der Waals surface area contributed by atoms with Gasteiger partial charge in [0, 0.05) is 34.6 Å². The zero-order valence-corrected chi connectivity index (χ0v) is 15.0. The lowest BCUT2D eigenvalue weighted by atomic mass is 10.1. The molecule has 0 unspecified atom stereocenters. The van der Waals surface area contributed by atoms with E-state index < -0.39 is 6.09 Å². The third-order valence-electron chi connectivity index (χ3n) is 3.77. The highest BCUT2D eigenvalue weighted by Crippen LogP contribution is 2.29. The molecule has 4 aromatic rings. The molecule has 1 N–H and O–H groups in total. The van der Waals surface area contributed by atoms with Crippen molar-refractivity contribution in [2.45, 2.75) is 0 Å². The van der Waals surface area contributed by atoms with Crippen molar-refractivity contribution in [3.63, 3.8) is 0 Å². The summed E-state index contributed by atoms with van der Waals surface area (Å²) in [5.41, 5.74) is 3.39. The minimum Gasteiger partial charge on any atom is -0.410 e. The fourth-order valence-corrected chi connectivity index (χ4v) is 3.34. The van der Waals surface area contributed by atoms with Crippen LogP contribution in [0.3, 0.4) is 0 Å². The second-order valence-corrected chi connectivity index (χ2v) is 6.55. The normalized spacial score (nSPS) is 10.4. The molecule has 0 saturated heterocycles. The highest BCUT2D eigenvalue weighted by molar-refractivity contribution is 7.13. The van der Waals surface area contributed by atoms with Crippen LogP contribution in [0.1, 0.15) is 0 Å². The number of amides is 1. The lowest BCUT2D eigenvalue weighted by Gasteiger charge is -2.07. The summed E-state index contributed by atoms with van der Waals surface area (Å²) in [7, 11) is 0. The lowest BCUT2D eigenvalue weighted by Crippen LogP contribution is -2.16. The fraction of sp³-hybridized carbons (Fsp3) is 0. The second-order valence-electron chi connectivity index (χ2n) is 5.69. The molecule has 1 amide bonds. The van der Waals surface area contributed by atoms with Crippen molar-refractivity contribution < 1.29 is 9.53 Å². The molecule has 6 heteroatoms. The van der Waals surface area contributed by atoms with Crippen molar-refractivity contribution >= 4 is 23.1 Å². The summed E-state index contributed by atoms with van der Waals surface area (Å²) in [6, 6.07) is 20.3. The van der Waals surface area contributed by atoms with E-state index in [0.29, 0.717) is 11.4 Å². The molecule has 0 spiro atoms. The number of carbonyl (C=O) groups is 1. The van der Waals surface area contributed by atoms with E-state index in [4.69, 9.17) is 4.74 Å². The highest BCUT2D eigenvalue weighted by atomic mass is 32.1. The van der Waals surface area contributed by atoms with Crippen LogP contribution < -0.4 is 10.1 Å². The molecule has 2 aromatic carbocycles. The van der Waals surface area contributed by atoms with Gasteiger partial charge in [0.25, 0.3) is 0 Å². The number of anilines is 1. The molecule has 0 aliphatic rings. The maximum absolute atomic E-state index is 12.1. The van der Waals surface area contributed by atoms with Crippen LogP contribution in [-0.4, -0.2) is 16.1 Å². The van der Waals surface area contributed by atoms with Gasteiger partial charge in [-0.15, -0.1) is 11.3 Å². The molecule has 0 radical (unpaired) electrons. The van der Waals surface area contributed by atoms with Gasteiger partial charge in [-0.25, -0.2) is 9.78 Å². The minimum absolute atomic E-state index is 0.492. The fourth-order valence-electron chi connectivity index (χ4n) is 2.52. The van der Waals surface area contributed by atoms with E-state index in [1.165, 1.54) is 0 Å². The molecule has 27 heavy (non-hydrogen) atoms. The predicted octanol–water partition coefficient (Wildman–Crippen LogP) is 5.48. The van der Waals surface area contributed by atoms with Gasteiger partial charge in [-0.2, -0.15) is 0 Å². The zero-order chi connectivity index (χ0) is 18.5. The van der Waals surface area contributed by atoms with Gasteiger partial charge in [-0.3, -0.25) is 10.3 Å². The molecular weight excluding hydrogens is 358 g/mol. The van der Waals surface area contributed by atoms with Crippen molar-refractivity contribution in [1.29, 1.82) is 0 Å². The number of nitrogens with zero attached hydrogens (tertiary/aromatic N) is 2. The Morgan fingerprint density at radius 1 is 0.963 bits per heavy atom. The van der Waals surface area contributed by atoms with Crippen molar-refractivity contribution in [2.24, 2.45) is 0 Å². The molecule has 132 valence electrons. The average molecular weight is 373 g/mol. The van der Waals surface area contributed by atoms with E-state index in [0.717, 1.165) is 21.8 Å². The van der Waals surface area contributed by atoms with E-state index in [1.807, 2.05) is 60.0 Å². The maximum Gasteiger partial charge on any atom is 0.417 e. The van der Waals surface area contributed by atoms with Crippen LogP contribution in [0.5, 0.6) is 5.75 Å². The van der Waals surface area contributed by atoms with Gasteiger partial charge in [-0.1, -0.05) is 30.3 Å². The topological polar surface area (TPSA) is 64.1 Å². The molecule has 0 saturated carbocycles. The molecule has 0 aliphatic heterocycles. The first-order valence-electron chi connectivity index (χ1n) is 8.28. The van der Waals surface area contributed by atoms with E-state index in [9.17, 15) is 4.79 Å². The highest BCUT2D eigenvalue weighted by Gasteiger charge is 2.09. The number of benzene rings is 2. The van der Waals surface area contributed by atoms with Gasteiger partial charge >= 0.3 is 6.09 Å². The number of ether oxygens (including phenoxy) is 1. The maximum atomic E-state index is 12.1. The Balaban J connectivity index is 1.49. The molecule has 0 bridgehead atoms. The summed E-state index contributed by atoms with van der Waals surface area (Å²) >= 11 is 1.56. The molecule has 0 aliphatic carbocycles. The van der Waals surface area contributed by atoms with Crippen LogP contribution >= 0.6 is 11.3 Å². The molecule has 5 nitrogen and oxygen atoms in total. The molecular formula is C21H15N3O2S. The van der Waals surface area contributed by atoms with Crippen molar-refractivity contribution in [1.82, 2.24) is 9.97 Å². The first kappa shape index (κ1) is 16.9. The number of hydrogen-bond acceptors (Lipinski definition) is 5. The number of thiazole rings is 1. The standard InChI is InChI=1S/C21H15N3O2S/c25-21(26-18-9-2-1-3-10-18)23-17-8-4-6-15(12-17)19-14-27-20(24-19)16-7-5-11-22-13-16/h1-14H,(H,23,25). The number of aromatic nitrogens is 2. The smallest absolute Gasteiger partial charge is 0.410 e. The van der Waals surface area contributed by atoms with Crippen molar-refractivity contribution in [3.05, 3.63) is 84.5 Å². The summed E-state index contributed by atoms with van der Waals surface area (Å²) < 4.78 is 5.26. The minimum atomic E-state index is -0.535. The average Bonchev–Trinajstić information content (AvgIpc) is 3.20.